The second-order valence-corrected chi connectivity index (χ2v) is 11.8. The second-order valence-electron chi connectivity index (χ2n) is 11.8. The first-order valence-corrected chi connectivity index (χ1v) is 14.1. The van der Waals surface area contributed by atoms with Gasteiger partial charge in [0.1, 0.15) is 0 Å². The fourth-order valence-electron chi connectivity index (χ4n) is 8.10. The van der Waals surface area contributed by atoms with Gasteiger partial charge < -0.3 is 4.74 Å². The molecule has 0 aromatic carbocycles. The average molecular weight is 433 g/mol. The Kier molecular flexibility index (Phi) is 9.35. The summed E-state index contributed by atoms with van der Waals surface area (Å²) in [6, 6.07) is 0. The van der Waals surface area contributed by atoms with Crippen LogP contribution in [0.2, 0.25) is 0 Å². The topological polar surface area (TPSA) is 9.23 Å². The molecule has 0 atom stereocenters. The van der Waals surface area contributed by atoms with Crippen molar-refractivity contribution < 1.29 is 9.13 Å². The van der Waals surface area contributed by atoms with Crippen molar-refractivity contribution in [2.75, 3.05) is 6.61 Å². The standard InChI is InChI=1S/C29H49FO/c1-2-21-31-29-17-15-28(16-18-29)27-13-11-26(12-14-27)25-9-7-24(8-10-25)23-5-3-22(4-6-23)19-20-30/h19-20,22-29H,2-18,21H2,1H3/b20-19+. The van der Waals surface area contributed by atoms with Crippen LogP contribution >= 0.6 is 0 Å². The molecule has 4 aliphatic carbocycles. The lowest BCUT2D eigenvalue weighted by atomic mass is 9.63. The lowest BCUT2D eigenvalue weighted by Crippen LogP contribution is -2.32. The van der Waals surface area contributed by atoms with Crippen molar-refractivity contribution in [2.24, 2.45) is 41.4 Å². The minimum atomic E-state index is 0.520. The molecule has 2 heteroatoms. The van der Waals surface area contributed by atoms with Crippen LogP contribution in [0.4, 0.5) is 4.39 Å². The summed E-state index contributed by atoms with van der Waals surface area (Å²) in [5.74, 6) is 6.53. The molecule has 0 amide bonds. The zero-order chi connectivity index (χ0) is 21.5. The molecule has 0 saturated heterocycles. The molecule has 0 heterocycles. The van der Waals surface area contributed by atoms with Gasteiger partial charge in [0, 0.05) is 6.61 Å². The van der Waals surface area contributed by atoms with Gasteiger partial charge in [0.15, 0.2) is 0 Å². The highest BCUT2D eigenvalue weighted by Crippen LogP contribution is 2.48. The lowest BCUT2D eigenvalue weighted by Gasteiger charge is -2.43. The van der Waals surface area contributed by atoms with Crippen molar-refractivity contribution in [3.05, 3.63) is 12.4 Å². The number of ether oxygens (including phenoxy) is 1. The monoisotopic (exact) mass is 432 g/mol. The molecule has 4 aliphatic rings. The van der Waals surface area contributed by atoms with E-state index in [1.807, 2.05) is 0 Å². The summed E-state index contributed by atoms with van der Waals surface area (Å²) in [5, 5.41) is 0. The fourth-order valence-corrected chi connectivity index (χ4v) is 8.10. The number of hydrogen-bond acceptors (Lipinski definition) is 1. The van der Waals surface area contributed by atoms with Gasteiger partial charge >= 0.3 is 0 Å². The molecule has 0 aliphatic heterocycles. The normalized spacial score (nSPS) is 42.6. The number of allylic oxidation sites excluding steroid dienone is 1. The van der Waals surface area contributed by atoms with Crippen molar-refractivity contribution in [3.63, 3.8) is 0 Å². The summed E-state index contributed by atoms with van der Waals surface area (Å²) in [5.41, 5.74) is 0. The predicted octanol–water partition coefficient (Wildman–Crippen LogP) is 8.87. The Morgan fingerprint density at radius 3 is 1.29 bits per heavy atom. The van der Waals surface area contributed by atoms with Gasteiger partial charge in [-0.1, -0.05) is 13.0 Å². The van der Waals surface area contributed by atoms with Gasteiger partial charge in [0.05, 0.1) is 12.4 Å². The van der Waals surface area contributed by atoms with Crippen LogP contribution in [0.25, 0.3) is 0 Å². The summed E-state index contributed by atoms with van der Waals surface area (Å²) in [6.45, 7) is 3.18. The third-order valence-corrected chi connectivity index (χ3v) is 10.1. The highest BCUT2D eigenvalue weighted by atomic mass is 19.1. The summed E-state index contributed by atoms with van der Waals surface area (Å²) in [7, 11) is 0. The maximum absolute atomic E-state index is 12.4. The molecule has 4 rings (SSSR count). The fraction of sp³-hybridized carbons (Fsp3) is 0.931. The van der Waals surface area contributed by atoms with Crippen molar-refractivity contribution >= 4 is 0 Å². The molecule has 4 saturated carbocycles. The molecule has 0 aromatic heterocycles. The Bertz CT molecular complexity index is 513. The van der Waals surface area contributed by atoms with Crippen molar-refractivity contribution in [2.45, 2.75) is 122 Å². The van der Waals surface area contributed by atoms with Crippen molar-refractivity contribution in [3.8, 4) is 0 Å². The molecular formula is C29H49FO. The Morgan fingerprint density at radius 2 is 0.935 bits per heavy atom. The molecule has 0 radical (unpaired) electrons. The van der Waals surface area contributed by atoms with E-state index in [1.165, 1.54) is 103 Å². The first-order valence-electron chi connectivity index (χ1n) is 14.1. The molecule has 178 valence electrons. The Morgan fingerprint density at radius 1 is 0.581 bits per heavy atom. The molecule has 4 fully saturated rings. The van der Waals surface area contributed by atoms with Gasteiger partial charge in [-0.25, -0.2) is 4.39 Å². The minimum Gasteiger partial charge on any atom is -0.378 e. The predicted molar refractivity (Wildman–Crippen MR) is 129 cm³/mol. The van der Waals surface area contributed by atoms with Gasteiger partial charge in [0.25, 0.3) is 0 Å². The Labute approximate surface area is 192 Å². The third kappa shape index (κ3) is 6.58. The first-order chi connectivity index (χ1) is 15.3. The van der Waals surface area contributed by atoms with Gasteiger partial charge in [-0.3, -0.25) is 0 Å². The maximum atomic E-state index is 12.4. The first kappa shape index (κ1) is 23.8. The van der Waals surface area contributed by atoms with Crippen molar-refractivity contribution in [1.29, 1.82) is 0 Å². The summed E-state index contributed by atoms with van der Waals surface area (Å²) in [6.07, 6.45) is 27.0. The smallest absolute Gasteiger partial charge is 0.0829 e. The lowest BCUT2D eigenvalue weighted by molar-refractivity contribution is 0.00542. The van der Waals surface area contributed by atoms with Crippen LogP contribution in [0, 0.1) is 41.4 Å². The minimum absolute atomic E-state index is 0.520. The van der Waals surface area contributed by atoms with Gasteiger partial charge in [0.2, 0.25) is 0 Å². The highest BCUT2D eigenvalue weighted by molar-refractivity contribution is 4.90. The van der Waals surface area contributed by atoms with Crippen LogP contribution in [0.3, 0.4) is 0 Å². The SMILES string of the molecule is CCCOC1CCC(C2CCC(C3CCC(C4CCC(/C=C/F)CC4)CC3)CC2)CC1. The van der Waals surface area contributed by atoms with Crippen LogP contribution in [-0.4, -0.2) is 12.7 Å². The molecular weight excluding hydrogens is 383 g/mol. The molecule has 0 bridgehead atoms. The molecule has 31 heavy (non-hydrogen) atoms. The summed E-state index contributed by atoms with van der Waals surface area (Å²) in [4.78, 5) is 0. The second kappa shape index (κ2) is 12.2. The maximum Gasteiger partial charge on any atom is 0.0829 e. The van der Waals surface area contributed by atoms with E-state index in [1.54, 1.807) is 6.08 Å². The van der Waals surface area contributed by atoms with E-state index < -0.39 is 0 Å². The largest absolute Gasteiger partial charge is 0.378 e. The van der Waals surface area contributed by atoms with Crippen LogP contribution in [0.1, 0.15) is 116 Å². The number of halogens is 1. The Hall–Kier alpha value is -0.370. The van der Waals surface area contributed by atoms with E-state index in [2.05, 4.69) is 6.92 Å². The van der Waals surface area contributed by atoms with Crippen LogP contribution in [0.15, 0.2) is 12.4 Å². The third-order valence-electron chi connectivity index (χ3n) is 10.1. The van der Waals surface area contributed by atoms with Gasteiger partial charge in [-0.15, -0.1) is 0 Å². The summed E-state index contributed by atoms with van der Waals surface area (Å²) >= 11 is 0. The molecule has 0 unspecified atom stereocenters. The highest BCUT2D eigenvalue weighted by Gasteiger charge is 2.36. The summed E-state index contributed by atoms with van der Waals surface area (Å²) < 4.78 is 18.5. The molecule has 0 N–H and O–H groups in total. The number of hydrogen-bond donors (Lipinski definition) is 0. The molecule has 0 spiro atoms. The van der Waals surface area contributed by atoms with E-state index >= 15 is 0 Å². The zero-order valence-electron chi connectivity index (χ0n) is 20.3. The van der Waals surface area contributed by atoms with E-state index in [9.17, 15) is 4.39 Å². The van der Waals surface area contributed by atoms with E-state index in [4.69, 9.17) is 4.74 Å². The van der Waals surface area contributed by atoms with Gasteiger partial charge in [-0.2, -0.15) is 0 Å². The van der Waals surface area contributed by atoms with Crippen LogP contribution in [-0.2, 0) is 4.74 Å². The van der Waals surface area contributed by atoms with Crippen molar-refractivity contribution in [1.82, 2.24) is 0 Å². The molecule has 1 nitrogen and oxygen atoms in total. The van der Waals surface area contributed by atoms with E-state index in [0.29, 0.717) is 12.0 Å². The van der Waals surface area contributed by atoms with Crippen LogP contribution < -0.4 is 0 Å². The Balaban J connectivity index is 1.13. The molecule has 0 aromatic rings. The van der Waals surface area contributed by atoms with E-state index in [0.717, 1.165) is 54.9 Å². The zero-order valence-corrected chi connectivity index (χ0v) is 20.3. The van der Waals surface area contributed by atoms with E-state index in [-0.39, 0.29) is 0 Å². The quantitative estimate of drug-likeness (QED) is 0.390. The number of rotatable bonds is 7. The van der Waals surface area contributed by atoms with Gasteiger partial charge in [-0.05, 0) is 151 Å². The average Bonchev–Trinajstić information content (AvgIpc) is 2.84. The van der Waals surface area contributed by atoms with Crippen LogP contribution in [0.5, 0.6) is 0 Å².